The van der Waals surface area contributed by atoms with E-state index >= 15 is 0 Å². The first-order chi connectivity index (χ1) is 23.8. The Morgan fingerprint density at radius 2 is 1.21 bits per heavy atom. The predicted octanol–water partition coefficient (Wildman–Crippen LogP) is 10.2. The smallest absolute Gasteiger partial charge is 0.260 e. The molecule has 0 N–H and O–H groups in total. The molecule has 2 aliphatic rings. The maximum atomic E-state index is 6.75. The van der Waals surface area contributed by atoms with Crippen LogP contribution in [0.5, 0.6) is 23.0 Å². The van der Waals surface area contributed by atoms with E-state index in [2.05, 4.69) is 126 Å². The maximum absolute atomic E-state index is 6.75. The van der Waals surface area contributed by atoms with Gasteiger partial charge < -0.3 is 18.8 Å². The average molecular weight is 634 g/mol. The molecule has 2 aliphatic heterocycles. The maximum Gasteiger partial charge on any atom is 0.260 e. The van der Waals surface area contributed by atoms with Gasteiger partial charge in [0.05, 0.1) is 5.69 Å². The molecule has 11 rings (SSSR count). The Morgan fingerprint density at radius 1 is 0.479 bits per heavy atom. The highest BCUT2D eigenvalue weighted by molar-refractivity contribution is 7.25. The molecule has 4 heterocycles. The summed E-state index contributed by atoms with van der Waals surface area (Å²) in [6.07, 6.45) is 0. The predicted molar refractivity (Wildman–Crippen MR) is 199 cm³/mol. The zero-order valence-corrected chi connectivity index (χ0v) is 26.3. The van der Waals surface area contributed by atoms with E-state index in [1.165, 1.54) is 20.2 Å². The van der Waals surface area contributed by atoms with Crippen LogP contribution < -0.4 is 30.8 Å². The van der Waals surface area contributed by atoms with Gasteiger partial charge in [0.25, 0.3) is 6.71 Å². The first-order valence-electron chi connectivity index (χ1n) is 16.1. The third kappa shape index (κ3) is 3.66. The van der Waals surface area contributed by atoms with E-state index in [-0.39, 0.29) is 6.71 Å². The summed E-state index contributed by atoms with van der Waals surface area (Å²) in [6.45, 7) is -0.0233. The molecule has 0 bridgehead atoms. The quantitative estimate of drug-likeness (QED) is 0.182. The second-order valence-corrected chi connectivity index (χ2v) is 13.5. The van der Waals surface area contributed by atoms with Crippen molar-refractivity contribution >= 4 is 93.6 Å². The molecule has 6 heteroatoms. The van der Waals surface area contributed by atoms with Crippen LogP contribution in [0.25, 0.3) is 42.1 Å². The standard InChI is InChI=1S/C42H24BNO3S/c1-2-10-25(11-3-1)44(33-15-8-14-29-27-12-4-6-16-34(27)47-42(29)33)26-20-21-31-37(22-26)45-35-17-9-18-36-41(35)43(31)32-23-30-28-13-5-7-19-39(28)48-40(30)24-38(32)46-36/h1-24H. The number of ether oxygens (including phenoxy) is 2. The molecule has 9 aromatic rings. The molecule has 0 radical (unpaired) electrons. The van der Waals surface area contributed by atoms with Crippen molar-refractivity contribution in [2.45, 2.75) is 0 Å². The van der Waals surface area contributed by atoms with Gasteiger partial charge in [-0.25, -0.2) is 0 Å². The largest absolute Gasteiger partial charge is 0.458 e. The Balaban J connectivity index is 1.12. The average Bonchev–Trinajstić information content (AvgIpc) is 3.69. The normalized spacial score (nSPS) is 12.9. The van der Waals surface area contributed by atoms with E-state index in [0.717, 1.165) is 78.4 Å². The molecule has 4 nitrogen and oxygen atoms in total. The van der Waals surface area contributed by atoms with Crippen LogP contribution in [0.1, 0.15) is 0 Å². The number of furan rings is 1. The lowest BCUT2D eigenvalue weighted by molar-refractivity contribution is 0.465. The summed E-state index contributed by atoms with van der Waals surface area (Å²) < 4.78 is 22.4. The van der Waals surface area contributed by atoms with E-state index in [1.807, 2.05) is 35.6 Å². The SMILES string of the molecule is c1ccc(N(c2ccc3c(c2)Oc2cccc4c2B3c2cc3c(cc2O4)sc2ccccc23)c2cccc3c2oc2ccccc23)cc1. The number of fused-ring (bicyclic) bond motifs is 10. The molecule has 0 amide bonds. The summed E-state index contributed by atoms with van der Waals surface area (Å²) in [7, 11) is 0. The summed E-state index contributed by atoms with van der Waals surface area (Å²) in [5.74, 6) is 3.42. The molecule has 2 aromatic heterocycles. The van der Waals surface area contributed by atoms with Crippen LogP contribution in [0, 0.1) is 0 Å². The van der Waals surface area contributed by atoms with Crippen molar-refractivity contribution in [2.75, 3.05) is 4.90 Å². The van der Waals surface area contributed by atoms with Gasteiger partial charge >= 0.3 is 0 Å². The van der Waals surface area contributed by atoms with Crippen molar-refractivity contribution in [3.05, 3.63) is 146 Å². The number of hydrogen-bond acceptors (Lipinski definition) is 5. The highest BCUT2D eigenvalue weighted by Crippen LogP contribution is 2.44. The van der Waals surface area contributed by atoms with Crippen LogP contribution in [0.15, 0.2) is 150 Å². The number of benzene rings is 7. The van der Waals surface area contributed by atoms with Gasteiger partial charge in [-0.3, -0.25) is 0 Å². The molecule has 48 heavy (non-hydrogen) atoms. The Labute approximate surface area is 280 Å². The van der Waals surface area contributed by atoms with Crippen molar-refractivity contribution < 1.29 is 13.9 Å². The second-order valence-electron chi connectivity index (χ2n) is 12.4. The molecular formula is C42H24BNO3S. The third-order valence-corrected chi connectivity index (χ3v) is 10.9. The lowest BCUT2D eigenvalue weighted by Gasteiger charge is -2.34. The number of para-hydroxylation sites is 3. The van der Waals surface area contributed by atoms with Gasteiger partial charge in [-0.1, -0.05) is 84.9 Å². The highest BCUT2D eigenvalue weighted by atomic mass is 32.1. The van der Waals surface area contributed by atoms with E-state index in [4.69, 9.17) is 13.9 Å². The fourth-order valence-corrected chi connectivity index (χ4v) is 8.80. The summed E-state index contributed by atoms with van der Waals surface area (Å²) in [5, 5.41) is 4.73. The van der Waals surface area contributed by atoms with Crippen molar-refractivity contribution in [3.8, 4) is 23.0 Å². The van der Waals surface area contributed by atoms with E-state index in [1.54, 1.807) is 0 Å². The molecule has 224 valence electrons. The Morgan fingerprint density at radius 3 is 2.08 bits per heavy atom. The van der Waals surface area contributed by atoms with Crippen LogP contribution in [0.2, 0.25) is 0 Å². The molecule has 0 aliphatic carbocycles. The zero-order valence-electron chi connectivity index (χ0n) is 25.5. The van der Waals surface area contributed by atoms with E-state index < -0.39 is 0 Å². The Kier molecular flexibility index (Phi) is 5.32. The van der Waals surface area contributed by atoms with Crippen molar-refractivity contribution in [3.63, 3.8) is 0 Å². The minimum Gasteiger partial charge on any atom is -0.458 e. The number of nitrogens with zero attached hydrogens (tertiary/aromatic N) is 1. The Bertz CT molecular complexity index is 2770. The summed E-state index contributed by atoms with van der Waals surface area (Å²) in [6, 6.07) is 51.0. The van der Waals surface area contributed by atoms with Crippen LogP contribution in [-0.2, 0) is 0 Å². The van der Waals surface area contributed by atoms with Crippen LogP contribution in [-0.4, -0.2) is 6.71 Å². The first kappa shape index (κ1) is 26.1. The fraction of sp³-hybridized carbons (Fsp3) is 0. The minimum absolute atomic E-state index is 0.0233. The molecule has 0 atom stereocenters. The Hall–Kier alpha value is -5.98. The third-order valence-electron chi connectivity index (χ3n) is 9.78. The van der Waals surface area contributed by atoms with Gasteiger partial charge in [-0.05, 0) is 65.5 Å². The van der Waals surface area contributed by atoms with Crippen LogP contribution in [0.3, 0.4) is 0 Å². The van der Waals surface area contributed by atoms with Crippen molar-refractivity contribution in [2.24, 2.45) is 0 Å². The van der Waals surface area contributed by atoms with Gasteiger partial charge in [0.2, 0.25) is 0 Å². The molecule has 0 spiro atoms. The zero-order chi connectivity index (χ0) is 31.3. The minimum atomic E-state index is -0.0233. The summed E-state index contributed by atoms with van der Waals surface area (Å²) in [5.41, 5.74) is 8.08. The van der Waals surface area contributed by atoms with Gasteiger partial charge in [-0.2, -0.15) is 0 Å². The van der Waals surface area contributed by atoms with Gasteiger partial charge in [0.15, 0.2) is 5.58 Å². The van der Waals surface area contributed by atoms with Crippen molar-refractivity contribution in [1.29, 1.82) is 0 Å². The molecular weight excluding hydrogens is 609 g/mol. The number of anilines is 3. The van der Waals surface area contributed by atoms with Gasteiger partial charge in [0, 0.05) is 53.8 Å². The topological polar surface area (TPSA) is 34.8 Å². The molecule has 0 fully saturated rings. The summed E-state index contributed by atoms with van der Waals surface area (Å²) in [4.78, 5) is 2.26. The van der Waals surface area contributed by atoms with Crippen molar-refractivity contribution in [1.82, 2.24) is 0 Å². The monoisotopic (exact) mass is 633 g/mol. The van der Waals surface area contributed by atoms with Gasteiger partial charge in [0.1, 0.15) is 28.6 Å². The number of thiophene rings is 1. The van der Waals surface area contributed by atoms with Crippen LogP contribution >= 0.6 is 11.3 Å². The molecule has 0 saturated heterocycles. The first-order valence-corrected chi connectivity index (χ1v) is 16.9. The molecule has 0 unspecified atom stereocenters. The highest BCUT2D eigenvalue weighted by Gasteiger charge is 2.40. The lowest BCUT2D eigenvalue weighted by Crippen LogP contribution is -2.57. The lowest BCUT2D eigenvalue weighted by atomic mass is 9.35. The van der Waals surface area contributed by atoms with E-state index in [0.29, 0.717) is 0 Å². The molecule has 7 aromatic carbocycles. The second kappa shape index (κ2) is 9.77. The molecule has 0 saturated carbocycles. The fourth-order valence-electron chi connectivity index (χ4n) is 7.69. The van der Waals surface area contributed by atoms with E-state index in [9.17, 15) is 0 Å². The van der Waals surface area contributed by atoms with Gasteiger partial charge in [-0.15, -0.1) is 11.3 Å². The summed E-state index contributed by atoms with van der Waals surface area (Å²) >= 11 is 1.81. The number of hydrogen-bond donors (Lipinski definition) is 0. The number of rotatable bonds is 3. The van der Waals surface area contributed by atoms with Crippen LogP contribution in [0.4, 0.5) is 17.1 Å².